The maximum Gasteiger partial charge on any atom is 0.335 e. The molecule has 0 bridgehead atoms. The zero-order valence-corrected chi connectivity index (χ0v) is 11.5. The summed E-state index contributed by atoms with van der Waals surface area (Å²) in [4.78, 5) is 18.7. The monoisotopic (exact) mass is 333 g/mol. The molecule has 8 heteroatoms. The molecule has 7 nitrogen and oxygen atoms in total. The maximum absolute atomic E-state index is 11.0. The van der Waals surface area contributed by atoms with E-state index in [1.54, 1.807) is 6.07 Å². The zero-order valence-electron chi connectivity index (χ0n) is 9.96. The first kappa shape index (κ1) is 13.8. The molecule has 100 valence electrons. The molecule has 2 rings (SSSR count). The molecule has 0 aliphatic heterocycles. The minimum Gasteiger partial charge on any atom is -0.478 e. The highest BCUT2D eigenvalue weighted by Gasteiger charge is 2.17. The predicted octanol–water partition coefficient (Wildman–Crippen LogP) is 1.64. The summed E-state index contributed by atoms with van der Waals surface area (Å²) in [6.07, 6.45) is 0. The molecular weight excluding hydrogens is 326 g/mol. The van der Waals surface area contributed by atoms with Gasteiger partial charge in [-0.05, 0) is 18.2 Å². The number of nitrogens with zero attached hydrogens (tertiary/aromatic N) is 3. The number of carbonyl (C=O) groups is 1. The number of anilines is 2. The molecule has 0 spiro atoms. The van der Waals surface area contributed by atoms with Crippen LogP contribution in [0.2, 0.25) is 0 Å². The normalized spacial score (nSPS) is 10.0. The number of nitrogen functional groups attached to an aromatic ring is 2. The highest BCUT2D eigenvalue weighted by atomic mass is 79.9. The number of benzene rings is 1. The number of carboxylic acids is 1. The number of aromatic carboxylic acids is 1. The van der Waals surface area contributed by atoms with E-state index in [4.69, 9.17) is 21.8 Å². The first-order chi connectivity index (χ1) is 9.43. The first-order valence-corrected chi connectivity index (χ1v) is 6.09. The predicted molar refractivity (Wildman–Crippen MR) is 75.7 cm³/mol. The fourth-order valence-electron chi connectivity index (χ4n) is 1.64. The maximum atomic E-state index is 11.0. The van der Waals surface area contributed by atoms with Gasteiger partial charge >= 0.3 is 5.97 Å². The van der Waals surface area contributed by atoms with Gasteiger partial charge in [0.05, 0.1) is 11.3 Å². The van der Waals surface area contributed by atoms with Gasteiger partial charge in [-0.3, -0.25) is 0 Å². The summed E-state index contributed by atoms with van der Waals surface area (Å²) < 4.78 is 0.566. The molecule has 0 atom stereocenters. The minimum atomic E-state index is -1.09. The summed E-state index contributed by atoms with van der Waals surface area (Å²) in [5.74, 6) is -1.24. The van der Waals surface area contributed by atoms with Gasteiger partial charge in [-0.25, -0.2) is 9.78 Å². The molecule has 0 unspecified atom stereocenters. The molecule has 1 heterocycles. The van der Waals surface area contributed by atoms with Crippen molar-refractivity contribution in [2.24, 2.45) is 0 Å². The van der Waals surface area contributed by atoms with E-state index >= 15 is 0 Å². The van der Waals surface area contributed by atoms with Gasteiger partial charge in [-0.15, -0.1) is 0 Å². The van der Waals surface area contributed by atoms with Crippen LogP contribution in [0.1, 0.15) is 15.9 Å². The third kappa shape index (κ3) is 2.39. The molecule has 0 amide bonds. The Bertz CT molecular complexity index is 754. The molecule has 0 aliphatic carbocycles. The Morgan fingerprint density at radius 2 is 2.05 bits per heavy atom. The molecule has 1 aromatic heterocycles. The quantitative estimate of drug-likeness (QED) is 0.758. The Labute approximate surface area is 122 Å². The highest BCUT2D eigenvalue weighted by molar-refractivity contribution is 9.10. The molecule has 2 aromatic rings. The smallest absolute Gasteiger partial charge is 0.335 e. The second kappa shape index (κ2) is 5.14. The van der Waals surface area contributed by atoms with Crippen LogP contribution in [0.25, 0.3) is 11.3 Å². The van der Waals surface area contributed by atoms with Gasteiger partial charge in [0.1, 0.15) is 17.5 Å². The molecule has 1 aromatic carbocycles. The lowest BCUT2D eigenvalue weighted by molar-refractivity contribution is 0.0697. The van der Waals surface area contributed by atoms with Crippen LogP contribution in [0.15, 0.2) is 22.7 Å². The first-order valence-electron chi connectivity index (χ1n) is 5.30. The van der Waals surface area contributed by atoms with Crippen molar-refractivity contribution in [2.45, 2.75) is 0 Å². The number of halogens is 1. The van der Waals surface area contributed by atoms with E-state index in [0.717, 1.165) is 0 Å². The number of nitrogens with two attached hydrogens (primary N) is 2. The topological polar surface area (TPSA) is 139 Å². The van der Waals surface area contributed by atoms with Crippen LogP contribution in [0.3, 0.4) is 0 Å². The Morgan fingerprint density at radius 1 is 1.35 bits per heavy atom. The lowest BCUT2D eigenvalue weighted by Crippen LogP contribution is -2.06. The second-order valence-corrected chi connectivity index (χ2v) is 4.66. The van der Waals surface area contributed by atoms with Crippen LogP contribution in [0.4, 0.5) is 11.8 Å². The van der Waals surface area contributed by atoms with Crippen LogP contribution >= 0.6 is 15.9 Å². The van der Waals surface area contributed by atoms with Crippen molar-refractivity contribution in [1.29, 1.82) is 5.26 Å². The third-order valence-corrected chi connectivity index (χ3v) is 3.23. The van der Waals surface area contributed by atoms with Crippen LogP contribution in [-0.2, 0) is 0 Å². The summed E-state index contributed by atoms with van der Waals surface area (Å²) in [6, 6.07) is 6.25. The Balaban J connectivity index is 2.77. The molecule has 20 heavy (non-hydrogen) atoms. The van der Waals surface area contributed by atoms with E-state index in [1.807, 2.05) is 6.07 Å². The zero-order chi connectivity index (χ0) is 14.9. The van der Waals surface area contributed by atoms with E-state index in [9.17, 15) is 4.79 Å². The van der Waals surface area contributed by atoms with Crippen molar-refractivity contribution in [2.75, 3.05) is 11.5 Å². The summed E-state index contributed by atoms with van der Waals surface area (Å²) in [7, 11) is 0. The average Bonchev–Trinajstić information content (AvgIpc) is 2.38. The standard InChI is InChI=1S/C12H8BrN5O2/c13-8-2-1-5(11(19)20)3-6(8)9-7(4-14)10(15)18-12(16)17-9/h1-3H,(H,19,20)(H4,15,16,17,18). The molecule has 0 aliphatic rings. The summed E-state index contributed by atoms with van der Waals surface area (Å²) >= 11 is 3.28. The van der Waals surface area contributed by atoms with Crippen molar-refractivity contribution in [1.82, 2.24) is 9.97 Å². The fourth-order valence-corrected chi connectivity index (χ4v) is 2.08. The van der Waals surface area contributed by atoms with Crippen molar-refractivity contribution in [3.05, 3.63) is 33.8 Å². The van der Waals surface area contributed by atoms with E-state index < -0.39 is 5.97 Å². The van der Waals surface area contributed by atoms with Gasteiger partial charge in [0.15, 0.2) is 0 Å². The minimum absolute atomic E-state index is 0.0439. The fraction of sp³-hybridized carbons (Fsp3) is 0. The van der Waals surface area contributed by atoms with Gasteiger partial charge in [0, 0.05) is 10.0 Å². The Hall–Kier alpha value is -2.66. The molecule has 0 saturated heterocycles. The highest BCUT2D eigenvalue weighted by Crippen LogP contribution is 2.32. The summed E-state index contributed by atoms with van der Waals surface area (Å²) in [6.45, 7) is 0. The molecule has 0 fully saturated rings. The van der Waals surface area contributed by atoms with Gasteiger partial charge in [-0.1, -0.05) is 15.9 Å². The second-order valence-electron chi connectivity index (χ2n) is 3.80. The molecular formula is C12H8BrN5O2. The van der Waals surface area contributed by atoms with E-state index in [0.29, 0.717) is 10.0 Å². The van der Waals surface area contributed by atoms with Gasteiger partial charge in [-0.2, -0.15) is 10.2 Å². The van der Waals surface area contributed by atoms with Crippen molar-refractivity contribution in [3.63, 3.8) is 0 Å². The number of aromatic nitrogens is 2. The summed E-state index contributed by atoms with van der Waals surface area (Å²) in [5.41, 5.74) is 11.9. The van der Waals surface area contributed by atoms with Gasteiger partial charge < -0.3 is 16.6 Å². The van der Waals surface area contributed by atoms with E-state index in [1.165, 1.54) is 12.1 Å². The molecule has 5 N–H and O–H groups in total. The Morgan fingerprint density at radius 3 is 2.65 bits per heavy atom. The van der Waals surface area contributed by atoms with Crippen molar-refractivity contribution >= 4 is 33.7 Å². The number of hydrogen-bond donors (Lipinski definition) is 3. The van der Waals surface area contributed by atoms with Crippen LogP contribution in [0, 0.1) is 11.3 Å². The number of carboxylic acid groups (broad SMARTS) is 1. The molecule has 0 radical (unpaired) electrons. The SMILES string of the molecule is N#Cc1c(N)nc(N)nc1-c1cc(C(=O)O)ccc1Br. The van der Waals surface area contributed by atoms with Gasteiger partial charge in [0.25, 0.3) is 0 Å². The molecule has 0 saturated carbocycles. The third-order valence-electron chi connectivity index (χ3n) is 2.53. The van der Waals surface area contributed by atoms with E-state index in [-0.39, 0.29) is 28.6 Å². The van der Waals surface area contributed by atoms with E-state index in [2.05, 4.69) is 25.9 Å². The lowest BCUT2D eigenvalue weighted by Gasteiger charge is -2.09. The van der Waals surface area contributed by atoms with Crippen LogP contribution in [-0.4, -0.2) is 21.0 Å². The van der Waals surface area contributed by atoms with Crippen molar-refractivity contribution in [3.8, 4) is 17.3 Å². The van der Waals surface area contributed by atoms with Crippen molar-refractivity contribution < 1.29 is 9.90 Å². The Kier molecular flexibility index (Phi) is 3.54. The van der Waals surface area contributed by atoms with Gasteiger partial charge in [0.2, 0.25) is 5.95 Å². The van der Waals surface area contributed by atoms with Crippen LogP contribution in [0.5, 0.6) is 0 Å². The summed E-state index contributed by atoms with van der Waals surface area (Å²) in [5, 5.41) is 18.2. The lowest BCUT2D eigenvalue weighted by atomic mass is 10.0. The van der Waals surface area contributed by atoms with Crippen LogP contribution < -0.4 is 11.5 Å². The number of rotatable bonds is 2. The number of nitriles is 1. The largest absolute Gasteiger partial charge is 0.478 e. The number of hydrogen-bond acceptors (Lipinski definition) is 6. The average molecular weight is 334 g/mol.